The fraction of sp³-hybridized carbons (Fsp3) is 0.273. The van der Waals surface area contributed by atoms with E-state index in [1.807, 2.05) is 0 Å². The molecule has 92 valence electrons. The molecule has 0 aliphatic carbocycles. The first-order valence-corrected chi connectivity index (χ1v) is 5.58. The predicted molar refractivity (Wildman–Crippen MR) is 65.8 cm³/mol. The zero-order valence-electron chi connectivity index (χ0n) is 9.50. The van der Waals surface area contributed by atoms with Crippen molar-refractivity contribution in [3.8, 4) is 0 Å². The lowest BCUT2D eigenvalue weighted by molar-refractivity contribution is -0.632. The van der Waals surface area contributed by atoms with Crippen LogP contribution in [0, 0.1) is 0 Å². The van der Waals surface area contributed by atoms with Crippen LogP contribution >= 0.6 is 11.6 Å². The SMILES string of the molecule is CNC(=O)C[NH2+]CC(=O)Nc1ccccc1Cl. The summed E-state index contributed by atoms with van der Waals surface area (Å²) in [4.78, 5) is 22.4. The van der Waals surface area contributed by atoms with Crippen LogP contribution in [0.5, 0.6) is 0 Å². The minimum atomic E-state index is -0.193. The molecule has 5 nitrogen and oxygen atoms in total. The van der Waals surface area contributed by atoms with Gasteiger partial charge in [0.05, 0.1) is 10.7 Å². The van der Waals surface area contributed by atoms with E-state index < -0.39 is 0 Å². The second-order valence-electron chi connectivity index (χ2n) is 3.40. The van der Waals surface area contributed by atoms with Crippen molar-refractivity contribution in [3.63, 3.8) is 0 Å². The van der Waals surface area contributed by atoms with E-state index in [4.69, 9.17) is 11.6 Å². The highest BCUT2D eigenvalue weighted by Gasteiger charge is 2.08. The van der Waals surface area contributed by atoms with Crippen molar-refractivity contribution in [2.75, 3.05) is 25.5 Å². The lowest BCUT2D eigenvalue weighted by Gasteiger charge is -2.05. The Morgan fingerprint density at radius 2 is 1.88 bits per heavy atom. The number of nitrogens with one attached hydrogen (secondary N) is 2. The summed E-state index contributed by atoms with van der Waals surface area (Å²) in [6, 6.07) is 7.00. The Labute approximate surface area is 105 Å². The van der Waals surface area contributed by atoms with Gasteiger partial charge < -0.3 is 16.0 Å². The standard InChI is InChI=1S/C11H14ClN3O2/c1-13-10(16)6-14-7-11(17)15-9-5-3-2-4-8(9)12/h2-5,14H,6-7H2,1H3,(H,13,16)(H,15,17)/p+1. The Kier molecular flexibility index (Phi) is 5.45. The molecule has 1 aromatic carbocycles. The van der Waals surface area contributed by atoms with Crippen LogP contribution < -0.4 is 16.0 Å². The minimum Gasteiger partial charge on any atom is -0.354 e. The van der Waals surface area contributed by atoms with Gasteiger partial charge in [0, 0.05) is 7.05 Å². The molecular formula is C11H15ClN3O2+. The zero-order valence-corrected chi connectivity index (χ0v) is 10.3. The van der Waals surface area contributed by atoms with Crippen LogP contribution in [0.4, 0.5) is 5.69 Å². The van der Waals surface area contributed by atoms with Gasteiger partial charge in [-0.1, -0.05) is 23.7 Å². The third-order valence-electron chi connectivity index (χ3n) is 2.09. The third-order valence-corrected chi connectivity index (χ3v) is 2.42. The van der Waals surface area contributed by atoms with Crippen LogP contribution in [0.2, 0.25) is 5.02 Å². The van der Waals surface area contributed by atoms with E-state index in [0.29, 0.717) is 10.7 Å². The van der Waals surface area contributed by atoms with Crippen molar-refractivity contribution in [3.05, 3.63) is 29.3 Å². The molecule has 6 heteroatoms. The molecule has 0 radical (unpaired) electrons. The van der Waals surface area contributed by atoms with Crippen LogP contribution in [0.25, 0.3) is 0 Å². The van der Waals surface area contributed by atoms with Gasteiger partial charge in [-0.05, 0) is 12.1 Å². The van der Waals surface area contributed by atoms with E-state index in [2.05, 4.69) is 10.6 Å². The summed E-state index contributed by atoms with van der Waals surface area (Å²) >= 11 is 5.89. The summed E-state index contributed by atoms with van der Waals surface area (Å²) in [6.45, 7) is 0.408. The summed E-state index contributed by atoms with van der Waals surface area (Å²) in [5.41, 5.74) is 0.576. The number of halogens is 1. The Balaban J connectivity index is 2.35. The fourth-order valence-electron chi connectivity index (χ4n) is 1.20. The number of nitrogens with two attached hydrogens (primary N) is 1. The maximum absolute atomic E-state index is 11.5. The molecular weight excluding hydrogens is 242 g/mol. The number of benzene rings is 1. The van der Waals surface area contributed by atoms with E-state index in [0.717, 1.165) is 0 Å². The largest absolute Gasteiger partial charge is 0.354 e. The van der Waals surface area contributed by atoms with Gasteiger partial charge in [-0.25, -0.2) is 0 Å². The molecule has 1 rings (SSSR count). The quantitative estimate of drug-likeness (QED) is 0.670. The normalized spacial score (nSPS) is 9.76. The van der Waals surface area contributed by atoms with Crippen LogP contribution in [0.1, 0.15) is 0 Å². The summed E-state index contributed by atoms with van der Waals surface area (Å²) in [7, 11) is 1.56. The lowest BCUT2D eigenvalue weighted by Crippen LogP contribution is -2.88. The van der Waals surface area contributed by atoms with E-state index in [-0.39, 0.29) is 24.9 Å². The van der Waals surface area contributed by atoms with Crippen LogP contribution in [-0.2, 0) is 9.59 Å². The molecule has 4 N–H and O–H groups in total. The zero-order chi connectivity index (χ0) is 12.7. The van der Waals surface area contributed by atoms with Crippen molar-refractivity contribution in [2.45, 2.75) is 0 Å². The first-order valence-electron chi connectivity index (χ1n) is 5.20. The van der Waals surface area contributed by atoms with Gasteiger partial charge in [0.25, 0.3) is 11.8 Å². The molecule has 0 spiro atoms. The van der Waals surface area contributed by atoms with Crippen molar-refractivity contribution >= 4 is 29.1 Å². The van der Waals surface area contributed by atoms with Crippen LogP contribution in [-0.4, -0.2) is 32.0 Å². The smallest absolute Gasteiger partial charge is 0.279 e. The Bertz CT molecular complexity index is 409. The van der Waals surface area contributed by atoms with Gasteiger partial charge >= 0.3 is 0 Å². The Hall–Kier alpha value is -1.59. The van der Waals surface area contributed by atoms with Gasteiger partial charge in [-0.2, -0.15) is 0 Å². The molecule has 0 saturated heterocycles. The maximum Gasteiger partial charge on any atom is 0.279 e. The number of quaternary nitrogens is 1. The lowest BCUT2D eigenvalue weighted by atomic mass is 10.3. The first-order chi connectivity index (χ1) is 8.13. The molecule has 0 saturated carbocycles. The number of anilines is 1. The maximum atomic E-state index is 11.5. The molecule has 17 heavy (non-hydrogen) atoms. The number of hydrogen-bond acceptors (Lipinski definition) is 2. The second kappa shape index (κ2) is 6.88. The average molecular weight is 257 g/mol. The van der Waals surface area contributed by atoms with E-state index >= 15 is 0 Å². The molecule has 0 heterocycles. The molecule has 2 amide bonds. The second-order valence-corrected chi connectivity index (χ2v) is 3.81. The topological polar surface area (TPSA) is 74.8 Å². The van der Waals surface area contributed by atoms with E-state index in [1.165, 1.54) is 0 Å². The molecule has 0 aliphatic heterocycles. The number of rotatable bonds is 5. The first kappa shape index (κ1) is 13.5. The number of amides is 2. The molecule has 0 bridgehead atoms. The van der Waals surface area contributed by atoms with Gasteiger partial charge in [-0.3, -0.25) is 9.59 Å². The van der Waals surface area contributed by atoms with E-state index in [9.17, 15) is 9.59 Å². The van der Waals surface area contributed by atoms with Crippen molar-refractivity contribution in [1.29, 1.82) is 0 Å². The van der Waals surface area contributed by atoms with E-state index in [1.54, 1.807) is 36.6 Å². The van der Waals surface area contributed by atoms with Crippen molar-refractivity contribution < 1.29 is 14.9 Å². The van der Waals surface area contributed by atoms with Crippen molar-refractivity contribution in [1.82, 2.24) is 5.32 Å². The van der Waals surface area contributed by atoms with Gasteiger partial charge in [0.15, 0.2) is 13.1 Å². The number of carbonyl (C=O) groups excluding carboxylic acids is 2. The monoisotopic (exact) mass is 256 g/mol. The Morgan fingerprint density at radius 3 is 2.53 bits per heavy atom. The number of likely N-dealkylation sites (N-methyl/N-ethyl adjacent to an activating group) is 1. The van der Waals surface area contributed by atoms with Crippen molar-refractivity contribution in [2.24, 2.45) is 0 Å². The molecule has 1 aromatic rings. The Morgan fingerprint density at radius 1 is 1.24 bits per heavy atom. The van der Waals surface area contributed by atoms with Gasteiger partial charge in [-0.15, -0.1) is 0 Å². The molecule has 0 unspecified atom stereocenters. The number of hydrogen-bond donors (Lipinski definition) is 3. The summed E-state index contributed by atoms with van der Waals surface area (Å²) in [5, 5.41) is 7.25. The number of carbonyl (C=O) groups is 2. The summed E-state index contributed by atoms with van der Waals surface area (Å²) in [5.74, 6) is -0.308. The average Bonchev–Trinajstić information content (AvgIpc) is 2.32. The van der Waals surface area contributed by atoms with Crippen LogP contribution in [0.3, 0.4) is 0 Å². The van der Waals surface area contributed by atoms with Crippen LogP contribution in [0.15, 0.2) is 24.3 Å². The minimum absolute atomic E-state index is 0.115. The molecule has 0 atom stereocenters. The van der Waals surface area contributed by atoms with Gasteiger partial charge in [0.2, 0.25) is 0 Å². The highest BCUT2D eigenvalue weighted by atomic mass is 35.5. The fourth-order valence-corrected chi connectivity index (χ4v) is 1.38. The molecule has 0 aromatic heterocycles. The molecule has 0 fully saturated rings. The number of para-hydroxylation sites is 1. The highest BCUT2D eigenvalue weighted by Crippen LogP contribution is 2.19. The summed E-state index contributed by atoms with van der Waals surface area (Å²) < 4.78 is 0. The highest BCUT2D eigenvalue weighted by molar-refractivity contribution is 6.33. The molecule has 0 aliphatic rings. The predicted octanol–water partition coefficient (Wildman–Crippen LogP) is -0.412. The summed E-state index contributed by atoms with van der Waals surface area (Å²) in [6.07, 6.45) is 0. The third kappa shape index (κ3) is 4.84. The van der Waals surface area contributed by atoms with Gasteiger partial charge in [0.1, 0.15) is 0 Å².